The summed E-state index contributed by atoms with van der Waals surface area (Å²) < 4.78 is 1.58. The van der Waals surface area contributed by atoms with Gasteiger partial charge < -0.3 is 5.32 Å². The van der Waals surface area contributed by atoms with E-state index in [9.17, 15) is 4.79 Å². The lowest BCUT2D eigenvalue weighted by atomic mass is 10.1. The van der Waals surface area contributed by atoms with Crippen molar-refractivity contribution in [3.63, 3.8) is 0 Å². The fraction of sp³-hybridized carbons (Fsp3) is 0.222. The van der Waals surface area contributed by atoms with Crippen LogP contribution in [0, 0.1) is 20.8 Å². The molecule has 1 N–H and O–H groups in total. The second-order valence-electron chi connectivity index (χ2n) is 5.70. The molecular formula is C18H19N3O. The van der Waals surface area contributed by atoms with Crippen LogP contribution in [0.4, 0.5) is 5.69 Å². The highest BCUT2D eigenvalue weighted by atomic mass is 16.1. The molecule has 4 heteroatoms. The van der Waals surface area contributed by atoms with Gasteiger partial charge in [-0.3, -0.25) is 9.20 Å². The van der Waals surface area contributed by atoms with Crippen molar-refractivity contribution < 1.29 is 0 Å². The minimum absolute atomic E-state index is 0.0501. The van der Waals surface area contributed by atoms with Crippen LogP contribution in [0.25, 0.3) is 5.65 Å². The average molecular weight is 293 g/mol. The smallest absolute Gasteiger partial charge is 0.258 e. The van der Waals surface area contributed by atoms with Crippen molar-refractivity contribution >= 4 is 11.3 Å². The Morgan fingerprint density at radius 2 is 1.82 bits per heavy atom. The van der Waals surface area contributed by atoms with Crippen molar-refractivity contribution in [2.45, 2.75) is 27.3 Å². The zero-order valence-corrected chi connectivity index (χ0v) is 13.1. The minimum Gasteiger partial charge on any atom is -0.379 e. The maximum absolute atomic E-state index is 12.2. The summed E-state index contributed by atoms with van der Waals surface area (Å²) in [5.74, 6) is 0. The van der Waals surface area contributed by atoms with Crippen LogP contribution in [-0.4, -0.2) is 9.38 Å². The molecule has 1 aromatic carbocycles. The number of anilines is 1. The molecule has 0 spiro atoms. The van der Waals surface area contributed by atoms with E-state index in [4.69, 9.17) is 0 Å². The van der Waals surface area contributed by atoms with E-state index >= 15 is 0 Å². The highest BCUT2D eigenvalue weighted by Crippen LogP contribution is 2.14. The number of pyridine rings is 1. The summed E-state index contributed by atoms with van der Waals surface area (Å²) in [6.45, 7) is 6.64. The number of nitrogens with zero attached hydrogens (tertiary/aromatic N) is 2. The largest absolute Gasteiger partial charge is 0.379 e. The molecule has 0 saturated carbocycles. The molecule has 0 amide bonds. The van der Waals surface area contributed by atoms with E-state index in [2.05, 4.69) is 42.3 Å². The quantitative estimate of drug-likeness (QED) is 0.806. The number of hydrogen-bond donors (Lipinski definition) is 1. The van der Waals surface area contributed by atoms with Gasteiger partial charge in [-0.1, -0.05) is 12.1 Å². The van der Waals surface area contributed by atoms with E-state index in [1.807, 2.05) is 19.1 Å². The molecule has 0 radical (unpaired) electrons. The fourth-order valence-corrected chi connectivity index (χ4v) is 2.67. The number of rotatable bonds is 3. The molecule has 0 unspecified atom stereocenters. The molecule has 0 aliphatic heterocycles. The van der Waals surface area contributed by atoms with Gasteiger partial charge in [-0.25, -0.2) is 4.98 Å². The highest BCUT2D eigenvalue weighted by molar-refractivity contribution is 5.50. The first kappa shape index (κ1) is 14.3. The third kappa shape index (κ3) is 2.86. The number of aryl methyl sites for hydroxylation is 3. The topological polar surface area (TPSA) is 46.4 Å². The van der Waals surface area contributed by atoms with Crippen LogP contribution in [-0.2, 0) is 6.54 Å². The summed E-state index contributed by atoms with van der Waals surface area (Å²) in [7, 11) is 0. The van der Waals surface area contributed by atoms with Crippen molar-refractivity contribution in [1.82, 2.24) is 9.38 Å². The van der Waals surface area contributed by atoms with Crippen LogP contribution in [0.5, 0.6) is 0 Å². The van der Waals surface area contributed by atoms with Crippen LogP contribution < -0.4 is 10.9 Å². The van der Waals surface area contributed by atoms with E-state index in [0.29, 0.717) is 12.2 Å². The summed E-state index contributed by atoms with van der Waals surface area (Å²) in [6, 6.07) is 11.7. The molecule has 2 aromatic heterocycles. The predicted molar refractivity (Wildman–Crippen MR) is 89.4 cm³/mol. The summed E-state index contributed by atoms with van der Waals surface area (Å²) >= 11 is 0. The van der Waals surface area contributed by atoms with Crippen molar-refractivity contribution in [2.75, 3.05) is 5.32 Å². The van der Waals surface area contributed by atoms with Gasteiger partial charge in [0.25, 0.3) is 5.56 Å². The second-order valence-corrected chi connectivity index (χ2v) is 5.70. The maximum atomic E-state index is 12.2. The molecule has 3 rings (SSSR count). The lowest BCUT2D eigenvalue weighted by molar-refractivity contribution is 0.963. The first-order valence-corrected chi connectivity index (χ1v) is 7.33. The Morgan fingerprint density at radius 1 is 1.09 bits per heavy atom. The molecule has 0 atom stereocenters. The Hall–Kier alpha value is -2.62. The number of aromatic nitrogens is 2. The van der Waals surface area contributed by atoms with Gasteiger partial charge in [-0.05, 0) is 55.7 Å². The number of nitrogens with one attached hydrogen (secondary N) is 1. The van der Waals surface area contributed by atoms with E-state index in [0.717, 1.165) is 16.9 Å². The van der Waals surface area contributed by atoms with E-state index in [-0.39, 0.29) is 5.56 Å². The monoisotopic (exact) mass is 293 g/mol. The van der Waals surface area contributed by atoms with Crippen molar-refractivity contribution in [2.24, 2.45) is 0 Å². The first-order chi connectivity index (χ1) is 10.5. The van der Waals surface area contributed by atoms with Gasteiger partial charge >= 0.3 is 0 Å². The van der Waals surface area contributed by atoms with Crippen molar-refractivity contribution in [3.05, 3.63) is 75.3 Å². The average Bonchev–Trinajstić information content (AvgIpc) is 2.45. The molecule has 3 aromatic rings. The van der Waals surface area contributed by atoms with Crippen LogP contribution in [0.1, 0.15) is 22.4 Å². The van der Waals surface area contributed by atoms with Crippen LogP contribution in [0.3, 0.4) is 0 Å². The van der Waals surface area contributed by atoms with Gasteiger partial charge in [-0.2, -0.15) is 0 Å². The Bertz CT molecular complexity index is 876. The normalized spacial score (nSPS) is 10.9. The SMILES string of the molecule is Cc1cc(C)cc(NCc2cc(=O)n3cccc(C)c3n2)c1. The summed E-state index contributed by atoms with van der Waals surface area (Å²) in [4.78, 5) is 16.8. The minimum atomic E-state index is -0.0501. The number of hydrogen-bond acceptors (Lipinski definition) is 3. The zero-order valence-electron chi connectivity index (χ0n) is 13.1. The molecule has 2 heterocycles. The standard InChI is InChI=1S/C18H19N3O/c1-12-7-13(2)9-15(8-12)19-11-16-10-17(22)21-6-4-5-14(3)18(21)20-16/h4-10,19H,11H2,1-3H3. The molecule has 0 bridgehead atoms. The van der Waals surface area contributed by atoms with E-state index < -0.39 is 0 Å². The van der Waals surface area contributed by atoms with Gasteiger partial charge in [0, 0.05) is 18.0 Å². The predicted octanol–water partition coefficient (Wildman–Crippen LogP) is 3.23. The Kier molecular flexibility index (Phi) is 3.67. The molecule has 4 nitrogen and oxygen atoms in total. The van der Waals surface area contributed by atoms with Crippen molar-refractivity contribution in [3.8, 4) is 0 Å². The lowest BCUT2D eigenvalue weighted by Gasteiger charge is -2.10. The van der Waals surface area contributed by atoms with Crippen LogP contribution >= 0.6 is 0 Å². The van der Waals surface area contributed by atoms with Gasteiger partial charge in [0.2, 0.25) is 0 Å². The van der Waals surface area contributed by atoms with E-state index in [1.54, 1.807) is 16.7 Å². The van der Waals surface area contributed by atoms with Crippen LogP contribution in [0.15, 0.2) is 47.4 Å². The highest BCUT2D eigenvalue weighted by Gasteiger charge is 2.04. The third-order valence-corrected chi connectivity index (χ3v) is 3.63. The molecule has 112 valence electrons. The molecule has 22 heavy (non-hydrogen) atoms. The number of benzene rings is 1. The number of fused-ring (bicyclic) bond motifs is 1. The zero-order chi connectivity index (χ0) is 15.7. The Balaban J connectivity index is 1.91. The van der Waals surface area contributed by atoms with Gasteiger partial charge in [0.1, 0.15) is 5.65 Å². The van der Waals surface area contributed by atoms with Gasteiger partial charge in [0.05, 0.1) is 12.2 Å². The van der Waals surface area contributed by atoms with E-state index in [1.165, 1.54) is 11.1 Å². The van der Waals surface area contributed by atoms with Crippen molar-refractivity contribution in [1.29, 1.82) is 0 Å². The van der Waals surface area contributed by atoms with Gasteiger partial charge in [-0.15, -0.1) is 0 Å². The first-order valence-electron chi connectivity index (χ1n) is 7.33. The molecule has 0 fully saturated rings. The molecule has 0 aliphatic rings. The lowest BCUT2D eigenvalue weighted by Crippen LogP contribution is -2.17. The molecule has 0 aliphatic carbocycles. The third-order valence-electron chi connectivity index (χ3n) is 3.63. The maximum Gasteiger partial charge on any atom is 0.258 e. The summed E-state index contributed by atoms with van der Waals surface area (Å²) in [5.41, 5.74) is 5.88. The Labute approximate surface area is 129 Å². The Morgan fingerprint density at radius 3 is 2.55 bits per heavy atom. The fourth-order valence-electron chi connectivity index (χ4n) is 2.67. The van der Waals surface area contributed by atoms with Crippen LogP contribution in [0.2, 0.25) is 0 Å². The summed E-state index contributed by atoms with van der Waals surface area (Å²) in [5, 5.41) is 3.34. The second kappa shape index (κ2) is 5.64. The van der Waals surface area contributed by atoms with Gasteiger partial charge in [0.15, 0.2) is 0 Å². The molecule has 0 saturated heterocycles. The molecular weight excluding hydrogens is 274 g/mol. The summed E-state index contributed by atoms with van der Waals surface area (Å²) in [6.07, 6.45) is 1.75.